The Balaban J connectivity index is 0.000000830. The number of hydrogen-bond donors (Lipinski definition) is 0. The summed E-state index contributed by atoms with van der Waals surface area (Å²) in [5.41, 5.74) is 4.64. The molecule has 0 bridgehead atoms. The number of carbonyl (C=O) groups is 1. The van der Waals surface area contributed by atoms with Crippen LogP contribution in [0.4, 0.5) is 0 Å². The van der Waals surface area contributed by atoms with Crippen molar-refractivity contribution in [2.75, 3.05) is 0 Å². The molecule has 3 rings (SSSR count). The predicted molar refractivity (Wildman–Crippen MR) is 153 cm³/mol. The van der Waals surface area contributed by atoms with Crippen LogP contribution in [0.15, 0.2) is 87.5 Å². The normalized spacial score (nSPS) is 12.2. The smallest absolute Gasteiger partial charge is 0.166 e. The van der Waals surface area contributed by atoms with Crippen molar-refractivity contribution >= 4 is 16.9 Å². The zero-order chi connectivity index (χ0) is 27.3. The Morgan fingerprint density at radius 1 is 0.556 bits per heavy atom. The minimum absolute atomic E-state index is 0.111. The molecule has 0 aliphatic carbocycles. The molecule has 0 radical (unpaired) electrons. The van der Waals surface area contributed by atoms with E-state index in [1.807, 2.05) is 0 Å². The zero-order valence-electron chi connectivity index (χ0n) is 23.9. The highest BCUT2D eigenvalue weighted by atomic mass is 32.2. The fraction of sp³-hybridized carbons (Fsp3) is 0.424. The van der Waals surface area contributed by atoms with Gasteiger partial charge in [-0.15, -0.1) is 0 Å². The number of hydrogen-bond acceptors (Lipinski definition) is 2. The van der Waals surface area contributed by atoms with Crippen LogP contribution in [0.1, 0.15) is 92.3 Å². The second kappa shape index (κ2) is 11.7. The van der Waals surface area contributed by atoms with Gasteiger partial charge in [-0.25, -0.2) is 0 Å². The van der Waals surface area contributed by atoms with E-state index in [1.54, 1.807) is 0 Å². The first-order valence-corrected chi connectivity index (χ1v) is 14.0. The van der Waals surface area contributed by atoms with Gasteiger partial charge in [0.15, 0.2) is 14.7 Å². The van der Waals surface area contributed by atoms with Crippen molar-refractivity contribution in [2.24, 2.45) is 0 Å². The van der Waals surface area contributed by atoms with Crippen molar-refractivity contribution in [1.82, 2.24) is 0 Å². The molecular weight excluding hydrogens is 460 g/mol. The molecule has 3 heteroatoms. The molecule has 0 N–H and O–H groups in total. The maximum absolute atomic E-state index is 9.26. The molecule has 3 aromatic rings. The Morgan fingerprint density at radius 3 is 0.889 bits per heavy atom. The van der Waals surface area contributed by atoms with Crippen LogP contribution in [0.3, 0.4) is 0 Å². The minimum atomic E-state index is -0.995. The lowest BCUT2D eigenvalue weighted by Crippen LogP contribution is -2.19. The molecule has 0 saturated carbocycles. The maximum Gasteiger partial charge on any atom is 0.166 e. The van der Waals surface area contributed by atoms with Gasteiger partial charge in [0.05, 0.1) is 10.9 Å². The van der Waals surface area contributed by atoms with E-state index >= 15 is 0 Å². The minimum Gasteiger partial charge on any atom is -0.550 e. The number of carboxylic acid groups (broad SMARTS) is 1. The van der Waals surface area contributed by atoms with Gasteiger partial charge in [-0.1, -0.05) is 106 Å². The molecular formula is C33H44O2S. The predicted octanol–water partition coefficient (Wildman–Crippen LogP) is 7.82. The molecule has 0 aromatic heterocycles. The summed E-state index contributed by atoms with van der Waals surface area (Å²) in [5.74, 6) is -0.995. The summed E-state index contributed by atoms with van der Waals surface area (Å²) in [6.07, 6.45) is 0.111. The average Bonchev–Trinajstić information content (AvgIpc) is 2.79. The van der Waals surface area contributed by atoms with Crippen LogP contribution >= 0.6 is 0 Å². The van der Waals surface area contributed by atoms with Crippen LogP contribution in [0.2, 0.25) is 0 Å². The Morgan fingerprint density at radius 2 is 0.750 bits per heavy atom. The lowest BCUT2D eigenvalue weighted by molar-refractivity contribution is -0.305. The second-order valence-corrected chi connectivity index (χ2v) is 14.4. The molecule has 2 nitrogen and oxygen atoms in total. The number of aliphatic carboxylic acids is 1. The topological polar surface area (TPSA) is 40.1 Å². The second-order valence-electron chi connectivity index (χ2n) is 12.4. The third-order valence-corrected chi connectivity index (χ3v) is 8.39. The highest BCUT2D eigenvalue weighted by Gasteiger charge is 2.30. The lowest BCUT2D eigenvalue weighted by Gasteiger charge is -2.21. The molecule has 0 amide bonds. The van der Waals surface area contributed by atoms with E-state index in [0.717, 1.165) is 0 Å². The van der Waals surface area contributed by atoms with Crippen molar-refractivity contribution in [1.29, 1.82) is 0 Å². The summed E-state index contributed by atoms with van der Waals surface area (Å²) in [6, 6.07) is 27.8. The van der Waals surface area contributed by atoms with Gasteiger partial charge < -0.3 is 9.90 Å². The van der Waals surface area contributed by atoms with Gasteiger partial charge in [0.2, 0.25) is 0 Å². The first-order chi connectivity index (χ1) is 16.5. The van der Waals surface area contributed by atoms with E-state index in [-0.39, 0.29) is 33.6 Å². The molecule has 0 unspecified atom stereocenters. The van der Waals surface area contributed by atoms with E-state index in [4.69, 9.17) is 0 Å². The quantitative estimate of drug-likeness (QED) is 0.340. The number of rotatable bonds is 4. The average molecular weight is 505 g/mol. The summed E-state index contributed by atoms with van der Waals surface area (Å²) < 4.78 is 0. The SMILES string of the molecule is CC(C)(C)c1ccc([S+](c2ccc(C(C)(C)C)cc2)c2ccc(C(C)(C)C)cc2)cc1.CCC(=O)[O-]. The molecule has 0 aliphatic heterocycles. The van der Waals surface area contributed by atoms with Gasteiger partial charge in [0.1, 0.15) is 0 Å². The molecule has 0 heterocycles. The van der Waals surface area contributed by atoms with Gasteiger partial charge in [-0.3, -0.25) is 0 Å². The summed E-state index contributed by atoms with van der Waals surface area (Å²) in [7, 11) is -0.120. The standard InChI is InChI=1S/C30H39S.C3H6O2/c1-28(2,3)22-10-16-25(17-11-22)31(26-18-12-23(13-19-26)29(4,5)6)27-20-14-24(15-21-27)30(7,8)9;1-2-3(4)5/h10-21H,1-9H3;2H2,1H3,(H,4,5)/q+1;/p-1. The monoisotopic (exact) mass is 504 g/mol. The first-order valence-electron chi connectivity index (χ1n) is 12.8. The molecule has 3 aromatic carbocycles. The fourth-order valence-electron chi connectivity index (χ4n) is 3.68. The highest BCUT2D eigenvalue weighted by molar-refractivity contribution is 7.97. The highest BCUT2D eigenvalue weighted by Crippen LogP contribution is 2.35. The van der Waals surface area contributed by atoms with E-state index in [0.29, 0.717) is 0 Å². The van der Waals surface area contributed by atoms with Crippen molar-refractivity contribution < 1.29 is 9.90 Å². The molecule has 0 spiro atoms. The number of carbonyl (C=O) groups excluding carboxylic acids is 1. The summed E-state index contributed by atoms with van der Waals surface area (Å²) in [5, 5.41) is 9.26. The van der Waals surface area contributed by atoms with Crippen LogP contribution in [0.25, 0.3) is 0 Å². The van der Waals surface area contributed by atoms with Gasteiger partial charge in [0.25, 0.3) is 0 Å². The van der Waals surface area contributed by atoms with Gasteiger partial charge in [-0.05, 0) is 75.8 Å². The third kappa shape index (κ3) is 8.27. The molecule has 0 aliphatic rings. The summed E-state index contributed by atoms with van der Waals surface area (Å²) in [6.45, 7) is 22.0. The van der Waals surface area contributed by atoms with Crippen LogP contribution in [-0.4, -0.2) is 5.97 Å². The molecule has 0 fully saturated rings. The van der Waals surface area contributed by atoms with Gasteiger partial charge in [-0.2, -0.15) is 0 Å². The Bertz CT molecular complexity index is 969. The van der Waals surface area contributed by atoms with E-state index in [2.05, 4.69) is 135 Å². The fourth-order valence-corrected chi connectivity index (χ4v) is 5.72. The van der Waals surface area contributed by atoms with Crippen molar-refractivity contribution in [3.8, 4) is 0 Å². The van der Waals surface area contributed by atoms with E-state index in [1.165, 1.54) is 38.3 Å². The molecule has 0 saturated heterocycles. The molecule has 194 valence electrons. The van der Waals surface area contributed by atoms with Crippen LogP contribution in [0.5, 0.6) is 0 Å². The maximum atomic E-state index is 9.26. The third-order valence-electron chi connectivity index (χ3n) is 6.16. The zero-order valence-corrected chi connectivity index (χ0v) is 24.7. The number of benzene rings is 3. The first kappa shape index (κ1) is 29.7. The molecule has 36 heavy (non-hydrogen) atoms. The van der Waals surface area contributed by atoms with Crippen molar-refractivity contribution in [3.63, 3.8) is 0 Å². The van der Waals surface area contributed by atoms with Crippen molar-refractivity contribution in [3.05, 3.63) is 89.5 Å². The van der Waals surface area contributed by atoms with E-state index in [9.17, 15) is 9.90 Å². The van der Waals surface area contributed by atoms with Crippen molar-refractivity contribution in [2.45, 2.75) is 107 Å². The molecule has 0 atom stereocenters. The number of carboxylic acids is 1. The van der Waals surface area contributed by atoms with Crippen LogP contribution in [0, 0.1) is 0 Å². The Hall–Kier alpha value is -2.52. The van der Waals surface area contributed by atoms with Crippen LogP contribution in [-0.2, 0) is 31.9 Å². The van der Waals surface area contributed by atoms with Crippen LogP contribution < -0.4 is 5.11 Å². The van der Waals surface area contributed by atoms with E-state index < -0.39 is 5.97 Å². The Kier molecular flexibility index (Phi) is 9.64. The Labute approximate surface area is 222 Å². The largest absolute Gasteiger partial charge is 0.550 e. The summed E-state index contributed by atoms with van der Waals surface area (Å²) >= 11 is 0. The lowest BCUT2D eigenvalue weighted by atomic mass is 9.87. The van der Waals surface area contributed by atoms with Gasteiger partial charge in [0, 0.05) is 5.97 Å². The summed E-state index contributed by atoms with van der Waals surface area (Å²) in [4.78, 5) is 13.4. The van der Waals surface area contributed by atoms with Gasteiger partial charge >= 0.3 is 0 Å².